The molecule has 0 unspecified atom stereocenters. The molecule has 0 heterocycles. The number of alkyl halides is 3. The zero-order valence-corrected chi connectivity index (χ0v) is 18.8. The molecule has 0 bridgehead atoms. The summed E-state index contributed by atoms with van der Waals surface area (Å²) in [6.45, 7) is -0.682. The Bertz CT molecular complexity index is 1240. The zero-order chi connectivity index (χ0) is 24.2. The summed E-state index contributed by atoms with van der Waals surface area (Å²) in [5, 5.41) is 2.45. The number of nitrogens with one attached hydrogen (secondary N) is 1. The molecule has 174 valence electrons. The summed E-state index contributed by atoms with van der Waals surface area (Å²) < 4.78 is 68.0. The van der Waals surface area contributed by atoms with Crippen LogP contribution in [0.1, 0.15) is 0 Å². The van der Waals surface area contributed by atoms with Gasteiger partial charge in [-0.1, -0.05) is 47.5 Å². The standard InChI is InChI=1S/C21H15Cl2F3N2O4S/c22-17-7-4-8-18(20(17)23)28(33(30,31)16-5-2-1-3-6-16)13-19(29)27-14-9-11-15(12-10-14)32-21(24,25)26/h1-12H,13H2,(H,27,29). The molecule has 0 aliphatic carbocycles. The molecule has 3 aromatic carbocycles. The molecule has 0 atom stereocenters. The van der Waals surface area contributed by atoms with Crippen molar-refractivity contribution in [3.63, 3.8) is 0 Å². The molecule has 3 aromatic rings. The molecule has 12 heteroatoms. The van der Waals surface area contributed by atoms with Crippen LogP contribution >= 0.6 is 23.2 Å². The van der Waals surface area contributed by atoms with E-state index in [9.17, 15) is 26.4 Å². The Morgan fingerprint density at radius 2 is 1.58 bits per heavy atom. The third kappa shape index (κ3) is 6.31. The van der Waals surface area contributed by atoms with Crippen molar-refractivity contribution in [1.82, 2.24) is 0 Å². The lowest BCUT2D eigenvalue weighted by Gasteiger charge is -2.25. The molecule has 0 saturated heterocycles. The highest BCUT2D eigenvalue weighted by molar-refractivity contribution is 7.92. The second-order valence-corrected chi connectivity index (χ2v) is 9.17. The van der Waals surface area contributed by atoms with Crippen molar-refractivity contribution in [2.24, 2.45) is 0 Å². The Kier molecular flexibility index (Phi) is 7.41. The SMILES string of the molecule is O=C(CN(c1cccc(Cl)c1Cl)S(=O)(=O)c1ccccc1)Nc1ccc(OC(F)(F)F)cc1. The summed E-state index contributed by atoms with van der Waals surface area (Å²) in [7, 11) is -4.22. The maximum Gasteiger partial charge on any atom is 0.573 e. The van der Waals surface area contributed by atoms with Crippen LogP contribution in [-0.2, 0) is 14.8 Å². The predicted octanol–water partition coefficient (Wildman–Crippen LogP) is 5.73. The molecule has 3 rings (SSSR count). The third-order valence-electron chi connectivity index (χ3n) is 4.19. The first-order valence-corrected chi connectivity index (χ1v) is 11.3. The molecule has 33 heavy (non-hydrogen) atoms. The Morgan fingerprint density at radius 1 is 0.939 bits per heavy atom. The van der Waals surface area contributed by atoms with E-state index in [4.69, 9.17) is 23.2 Å². The van der Waals surface area contributed by atoms with Crippen molar-refractivity contribution < 1.29 is 31.1 Å². The fourth-order valence-electron chi connectivity index (χ4n) is 2.78. The first-order valence-electron chi connectivity index (χ1n) is 9.15. The minimum atomic E-state index is -4.85. The van der Waals surface area contributed by atoms with E-state index in [1.807, 2.05) is 0 Å². The van der Waals surface area contributed by atoms with Crippen LogP contribution in [-0.4, -0.2) is 27.2 Å². The second kappa shape index (κ2) is 9.90. The summed E-state index contributed by atoms with van der Waals surface area (Å²) in [4.78, 5) is 12.6. The summed E-state index contributed by atoms with van der Waals surface area (Å²) in [5.41, 5.74) is 0.112. The van der Waals surface area contributed by atoms with Gasteiger partial charge >= 0.3 is 6.36 Å². The summed E-state index contributed by atoms with van der Waals surface area (Å²) in [5.74, 6) is -1.24. The molecule has 0 fully saturated rings. The molecule has 0 spiro atoms. The van der Waals surface area contributed by atoms with Crippen molar-refractivity contribution >= 4 is 50.5 Å². The van der Waals surface area contributed by atoms with Gasteiger partial charge in [0.1, 0.15) is 12.3 Å². The van der Waals surface area contributed by atoms with E-state index in [-0.39, 0.29) is 26.3 Å². The lowest BCUT2D eigenvalue weighted by atomic mass is 10.3. The number of ether oxygens (including phenoxy) is 1. The monoisotopic (exact) mass is 518 g/mol. The van der Waals surface area contributed by atoms with Crippen LogP contribution in [0.5, 0.6) is 5.75 Å². The lowest BCUT2D eigenvalue weighted by molar-refractivity contribution is -0.274. The minimum Gasteiger partial charge on any atom is -0.406 e. The van der Waals surface area contributed by atoms with Gasteiger partial charge in [0.05, 0.1) is 20.6 Å². The molecule has 0 saturated carbocycles. The Hall–Kier alpha value is -2.95. The minimum absolute atomic E-state index is 0.0166. The number of hydrogen-bond acceptors (Lipinski definition) is 4. The van der Waals surface area contributed by atoms with Crippen LogP contribution in [0.3, 0.4) is 0 Å². The number of nitrogens with zero attached hydrogens (tertiary/aromatic N) is 1. The molecular formula is C21H15Cl2F3N2O4S. The highest BCUT2D eigenvalue weighted by Gasteiger charge is 2.31. The van der Waals surface area contributed by atoms with Crippen molar-refractivity contribution in [1.29, 1.82) is 0 Å². The number of carbonyl (C=O) groups is 1. The van der Waals surface area contributed by atoms with Gasteiger partial charge in [-0.2, -0.15) is 0 Å². The molecular weight excluding hydrogens is 504 g/mol. The number of carbonyl (C=O) groups excluding carboxylic acids is 1. The number of rotatable bonds is 7. The van der Waals surface area contributed by atoms with Crippen molar-refractivity contribution in [3.05, 3.63) is 82.8 Å². The first kappa shape index (κ1) is 24.7. The Morgan fingerprint density at radius 3 is 2.18 bits per heavy atom. The van der Waals surface area contributed by atoms with Gasteiger partial charge in [0, 0.05) is 5.69 Å². The van der Waals surface area contributed by atoms with Crippen LogP contribution in [0.15, 0.2) is 77.7 Å². The van der Waals surface area contributed by atoms with E-state index in [0.717, 1.165) is 16.4 Å². The topological polar surface area (TPSA) is 75.7 Å². The highest BCUT2D eigenvalue weighted by atomic mass is 35.5. The maximum atomic E-state index is 13.3. The first-order chi connectivity index (χ1) is 15.5. The summed E-state index contributed by atoms with van der Waals surface area (Å²) in [6.07, 6.45) is -4.85. The largest absolute Gasteiger partial charge is 0.573 e. The lowest BCUT2D eigenvalue weighted by Crippen LogP contribution is -2.38. The number of amides is 1. The number of anilines is 2. The third-order valence-corrected chi connectivity index (χ3v) is 6.77. The molecule has 0 aromatic heterocycles. The van der Waals surface area contributed by atoms with Crippen LogP contribution < -0.4 is 14.4 Å². The van der Waals surface area contributed by atoms with Gasteiger partial charge in [-0.15, -0.1) is 13.2 Å². The Balaban J connectivity index is 1.88. The second-order valence-electron chi connectivity index (χ2n) is 6.52. The Labute approximate surface area is 197 Å². The smallest absolute Gasteiger partial charge is 0.406 e. The van der Waals surface area contributed by atoms with Crippen molar-refractivity contribution in [3.8, 4) is 5.75 Å². The van der Waals surface area contributed by atoms with Crippen LogP contribution in [0, 0.1) is 0 Å². The van der Waals surface area contributed by atoms with Gasteiger partial charge in [-0.05, 0) is 48.5 Å². The van der Waals surface area contributed by atoms with Gasteiger partial charge in [0.25, 0.3) is 10.0 Å². The normalized spacial score (nSPS) is 11.7. The molecule has 1 amide bonds. The molecule has 0 aliphatic rings. The van der Waals surface area contributed by atoms with Gasteiger partial charge in [0.15, 0.2) is 0 Å². The van der Waals surface area contributed by atoms with Crippen LogP contribution in [0.2, 0.25) is 10.0 Å². The predicted molar refractivity (Wildman–Crippen MR) is 119 cm³/mol. The van der Waals surface area contributed by atoms with Gasteiger partial charge < -0.3 is 10.1 Å². The van der Waals surface area contributed by atoms with Crippen LogP contribution in [0.4, 0.5) is 24.5 Å². The van der Waals surface area contributed by atoms with Crippen LogP contribution in [0.25, 0.3) is 0 Å². The van der Waals surface area contributed by atoms with Gasteiger partial charge in [-0.25, -0.2) is 8.42 Å². The van der Waals surface area contributed by atoms with E-state index < -0.39 is 34.6 Å². The van der Waals surface area contributed by atoms with Gasteiger partial charge in [-0.3, -0.25) is 9.10 Å². The fraction of sp³-hybridized carbons (Fsp3) is 0.0952. The number of hydrogen-bond donors (Lipinski definition) is 1. The van der Waals surface area contributed by atoms with E-state index in [1.165, 1.54) is 54.6 Å². The average molecular weight is 519 g/mol. The fourth-order valence-corrected chi connectivity index (χ4v) is 4.68. The zero-order valence-electron chi connectivity index (χ0n) is 16.5. The quantitative estimate of drug-likeness (QED) is 0.433. The van der Waals surface area contributed by atoms with E-state index in [2.05, 4.69) is 10.1 Å². The number of sulfonamides is 1. The van der Waals surface area contributed by atoms with E-state index in [1.54, 1.807) is 6.07 Å². The number of halogens is 5. The molecule has 1 N–H and O–H groups in total. The highest BCUT2D eigenvalue weighted by Crippen LogP contribution is 2.35. The van der Waals surface area contributed by atoms with E-state index >= 15 is 0 Å². The van der Waals surface area contributed by atoms with Crippen molar-refractivity contribution in [2.75, 3.05) is 16.2 Å². The van der Waals surface area contributed by atoms with Crippen molar-refractivity contribution in [2.45, 2.75) is 11.3 Å². The molecule has 0 radical (unpaired) electrons. The van der Waals surface area contributed by atoms with E-state index in [0.29, 0.717) is 0 Å². The maximum absolute atomic E-state index is 13.3. The number of benzene rings is 3. The summed E-state index contributed by atoms with van der Waals surface area (Å²) in [6, 6.07) is 16.1. The molecule has 6 nitrogen and oxygen atoms in total. The molecule has 0 aliphatic heterocycles. The van der Waals surface area contributed by atoms with Gasteiger partial charge in [0.2, 0.25) is 5.91 Å². The average Bonchev–Trinajstić information content (AvgIpc) is 2.75. The summed E-state index contributed by atoms with van der Waals surface area (Å²) >= 11 is 12.3.